The Morgan fingerprint density at radius 1 is 1.32 bits per heavy atom. The van der Waals surface area contributed by atoms with Crippen molar-refractivity contribution in [3.63, 3.8) is 0 Å². The smallest absolute Gasteiger partial charge is 0.341 e. The van der Waals surface area contributed by atoms with Crippen LogP contribution >= 0.6 is 0 Å². The molecule has 0 aliphatic heterocycles. The number of nitro groups is 1. The van der Waals surface area contributed by atoms with Gasteiger partial charge in [-0.25, -0.2) is 4.79 Å². The maximum absolute atomic E-state index is 12.0. The van der Waals surface area contributed by atoms with Gasteiger partial charge in [-0.3, -0.25) is 14.9 Å². The zero-order chi connectivity index (χ0) is 16.9. The standard InChI is InChI=1S/C15H19NO5Si/c1-11(17)14(15(18)21-10-22(2,3)4)9-12-6-5-7-13(8-12)16(19)20/h5-9H,10H2,1-4H3. The summed E-state index contributed by atoms with van der Waals surface area (Å²) >= 11 is 0. The van der Waals surface area contributed by atoms with Gasteiger partial charge in [0.25, 0.3) is 5.69 Å². The average molecular weight is 321 g/mol. The third-order valence-corrected chi connectivity index (χ3v) is 3.64. The molecule has 1 rings (SSSR count). The second kappa shape index (κ2) is 7.12. The van der Waals surface area contributed by atoms with Crippen molar-refractivity contribution in [3.8, 4) is 0 Å². The van der Waals surface area contributed by atoms with Crippen LogP contribution in [0.4, 0.5) is 5.69 Å². The lowest BCUT2D eigenvalue weighted by Gasteiger charge is -2.16. The van der Waals surface area contributed by atoms with E-state index in [4.69, 9.17) is 4.74 Å². The number of carbonyl (C=O) groups is 2. The fourth-order valence-electron chi connectivity index (χ4n) is 1.56. The van der Waals surface area contributed by atoms with Crippen LogP contribution in [0.1, 0.15) is 12.5 Å². The molecule has 0 unspecified atom stereocenters. The van der Waals surface area contributed by atoms with E-state index in [2.05, 4.69) is 0 Å². The molecular formula is C15H19NO5Si. The van der Waals surface area contributed by atoms with Crippen LogP contribution in [0, 0.1) is 10.1 Å². The Hall–Kier alpha value is -2.28. The Balaban J connectivity index is 3.05. The number of nitrogens with zero attached hydrogens (tertiary/aromatic N) is 1. The number of Topliss-reactive ketones (excluding diaryl/α,β-unsaturated/α-hetero) is 1. The van der Waals surface area contributed by atoms with Crippen LogP contribution in [-0.2, 0) is 14.3 Å². The molecule has 0 N–H and O–H groups in total. The molecule has 1 aromatic carbocycles. The molecule has 0 aromatic heterocycles. The van der Waals surface area contributed by atoms with Crippen LogP contribution in [0.5, 0.6) is 0 Å². The Morgan fingerprint density at radius 2 is 1.95 bits per heavy atom. The van der Waals surface area contributed by atoms with Crippen LogP contribution in [0.25, 0.3) is 6.08 Å². The predicted molar refractivity (Wildman–Crippen MR) is 86.1 cm³/mol. The fraction of sp³-hybridized carbons (Fsp3) is 0.333. The second-order valence-electron chi connectivity index (χ2n) is 6.10. The van der Waals surface area contributed by atoms with E-state index < -0.39 is 24.7 Å². The van der Waals surface area contributed by atoms with Gasteiger partial charge in [-0.1, -0.05) is 31.8 Å². The van der Waals surface area contributed by atoms with E-state index in [9.17, 15) is 19.7 Å². The quantitative estimate of drug-likeness (QED) is 0.153. The molecule has 118 valence electrons. The summed E-state index contributed by atoms with van der Waals surface area (Å²) < 4.78 is 5.18. The van der Waals surface area contributed by atoms with Crippen molar-refractivity contribution in [2.75, 3.05) is 6.23 Å². The predicted octanol–water partition coefficient (Wildman–Crippen LogP) is 2.99. The van der Waals surface area contributed by atoms with Crippen LogP contribution in [0.3, 0.4) is 0 Å². The molecule has 0 heterocycles. The van der Waals surface area contributed by atoms with Crippen molar-refractivity contribution >= 4 is 31.6 Å². The Labute approximate surface area is 129 Å². The first kappa shape index (κ1) is 17.8. The van der Waals surface area contributed by atoms with Gasteiger partial charge in [0, 0.05) is 12.1 Å². The summed E-state index contributed by atoms with van der Waals surface area (Å²) in [7, 11) is -1.59. The number of benzene rings is 1. The molecule has 0 bridgehead atoms. The van der Waals surface area contributed by atoms with Crippen LogP contribution in [0.15, 0.2) is 29.8 Å². The number of ether oxygens (including phenoxy) is 1. The van der Waals surface area contributed by atoms with E-state index in [-0.39, 0.29) is 11.3 Å². The minimum atomic E-state index is -1.59. The van der Waals surface area contributed by atoms with Gasteiger partial charge in [0.2, 0.25) is 0 Å². The maximum atomic E-state index is 12.0. The van der Waals surface area contributed by atoms with Crippen molar-refractivity contribution in [3.05, 3.63) is 45.5 Å². The normalized spacial score (nSPS) is 11.9. The molecule has 0 fully saturated rings. The SMILES string of the molecule is CC(=O)C(=Cc1cccc([N+](=O)[O-])c1)C(=O)OC[Si](C)(C)C. The first-order chi connectivity index (χ1) is 10.1. The Morgan fingerprint density at radius 3 is 2.45 bits per heavy atom. The first-order valence-corrected chi connectivity index (χ1v) is 10.4. The van der Waals surface area contributed by atoms with E-state index in [1.807, 2.05) is 19.6 Å². The van der Waals surface area contributed by atoms with Crippen LogP contribution in [0.2, 0.25) is 19.6 Å². The number of ketones is 1. The minimum Gasteiger partial charge on any atom is -0.466 e. The largest absolute Gasteiger partial charge is 0.466 e. The first-order valence-electron chi connectivity index (χ1n) is 6.74. The number of hydrogen-bond acceptors (Lipinski definition) is 5. The molecule has 0 aliphatic rings. The molecule has 0 atom stereocenters. The highest BCUT2D eigenvalue weighted by molar-refractivity contribution is 6.76. The van der Waals surface area contributed by atoms with Crippen molar-refractivity contribution in [2.45, 2.75) is 26.6 Å². The summed E-state index contributed by atoms with van der Waals surface area (Å²) in [6.07, 6.45) is 1.63. The van der Waals surface area contributed by atoms with Gasteiger partial charge in [0.05, 0.1) is 19.2 Å². The number of esters is 1. The van der Waals surface area contributed by atoms with Crippen LogP contribution < -0.4 is 0 Å². The summed E-state index contributed by atoms with van der Waals surface area (Å²) in [5, 5.41) is 10.8. The summed E-state index contributed by atoms with van der Waals surface area (Å²) in [4.78, 5) is 33.9. The van der Waals surface area contributed by atoms with Gasteiger partial charge in [0.1, 0.15) is 5.57 Å². The highest BCUT2D eigenvalue weighted by Crippen LogP contribution is 2.17. The van der Waals surface area contributed by atoms with Crippen LogP contribution in [-0.4, -0.2) is 31.0 Å². The lowest BCUT2D eigenvalue weighted by molar-refractivity contribution is -0.384. The van der Waals surface area contributed by atoms with Gasteiger partial charge in [-0.15, -0.1) is 0 Å². The molecule has 0 radical (unpaired) electrons. The van der Waals surface area contributed by atoms with Crippen molar-refractivity contribution < 1.29 is 19.2 Å². The summed E-state index contributed by atoms with van der Waals surface area (Å²) in [5.74, 6) is -1.13. The number of nitro benzene ring substituents is 1. The van der Waals surface area contributed by atoms with Gasteiger partial charge in [-0.2, -0.15) is 0 Å². The zero-order valence-electron chi connectivity index (χ0n) is 13.1. The maximum Gasteiger partial charge on any atom is 0.341 e. The third kappa shape index (κ3) is 5.61. The molecule has 1 aromatic rings. The molecule has 0 amide bonds. The molecular weight excluding hydrogens is 302 g/mol. The molecule has 0 aliphatic carbocycles. The Bertz CT molecular complexity index is 631. The van der Waals surface area contributed by atoms with Crippen molar-refractivity contribution in [1.82, 2.24) is 0 Å². The van der Waals surface area contributed by atoms with Crippen molar-refractivity contribution in [1.29, 1.82) is 0 Å². The van der Waals surface area contributed by atoms with E-state index in [1.165, 1.54) is 31.2 Å². The van der Waals surface area contributed by atoms with E-state index in [1.54, 1.807) is 6.07 Å². The monoisotopic (exact) mass is 321 g/mol. The van der Waals surface area contributed by atoms with E-state index in [0.717, 1.165) is 0 Å². The summed E-state index contributed by atoms with van der Waals surface area (Å²) in [6.45, 7) is 7.38. The number of carbonyl (C=O) groups excluding carboxylic acids is 2. The van der Waals surface area contributed by atoms with Gasteiger partial charge in [0.15, 0.2) is 5.78 Å². The lowest BCUT2D eigenvalue weighted by atomic mass is 10.1. The van der Waals surface area contributed by atoms with Gasteiger partial charge < -0.3 is 4.74 Å². The molecule has 0 spiro atoms. The van der Waals surface area contributed by atoms with E-state index >= 15 is 0 Å². The van der Waals surface area contributed by atoms with Gasteiger partial charge in [-0.05, 0) is 18.6 Å². The van der Waals surface area contributed by atoms with Crippen molar-refractivity contribution in [2.24, 2.45) is 0 Å². The summed E-state index contributed by atoms with van der Waals surface area (Å²) in [5.41, 5.74) is 0.190. The molecule has 22 heavy (non-hydrogen) atoms. The highest BCUT2D eigenvalue weighted by Gasteiger charge is 2.21. The minimum absolute atomic E-state index is 0.105. The molecule has 0 saturated carbocycles. The third-order valence-electron chi connectivity index (χ3n) is 2.63. The number of non-ortho nitro benzene ring substituents is 1. The Kier molecular flexibility index (Phi) is 5.75. The molecule has 6 nitrogen and oxygen atoms in total. The van der Waals surface area contributed by atoms with Gasteiger partial charge >= 0.3 is 5.97 Å². The summed E-state index contributed by atoms with van der Waals surface area (Å²) in [6, 6.07) is 5.72. The zero-order valence-corrected chi connectivity index (χ0v) is 14.1. The number of rotatable bonds is 6. The molecule has 0 saturated heterocycles. The average Bonchev–Trinajstić information content (AvgIpc) is 2.41. The lowest BCUT2D eigenvalue weighted by Crippen LogP contribution is -2.30. The van der Waals surface area contributed by atoms with E-state index in [0.29, 0.717) is 11.8 Å². The highest BCUT2D eigenvalue weighted by atomic mass is 28.3. The second-order valence-corrected chi connectivity index (χ2v) is 11.5. The number of hydrogen-bond donors (Lipinski definition) is 0. The topological polar surface area (TPSA) is 86.5 Å². The fourth-order valence-corrected chi connectivity index (χ4v) is 2.12. The molecule has 7 heteroatoms.